The van der Waals surface area contributed by atoms with Crippen molar-refractivity contribution < 1.29 is 0 Å². The van der Waals surface area contributed by atoms with Crippen LogP contribution < -0.4 is 5.56 Å². The summed E-state index contributed by atoms with van der Waals surface area (Å²) in [4.78, 5) is 18.9. The molecule has 76 valence electrons. The van der Waals surface area contributed by atoms with Crippen molar-refractivity contribution in [2.24, 2.45) is 0 Å². The third-order valence-corrected chi connectivity index (χ3v) is 3.37. The molecule has 0 fully saturated rings. The number of aryl methyl sites for hydroxylation is 1. The zero-order chi connectivity index (χ0) is 9.97. The number of thioether (sulfide) groups is 1. The average molecular weight is 210 g/mol. The number of aromatic nitrogens is 2. The van der Waals surface area contributed by atoms with Gasteiger partial charge in [0.1, 0.15) is 5.82 Å². The highest BCUT2D eigenvalue weighted by Crippen LogP contribution is 2.25. The minimum absolute atomic E-state index is 0.0751. The van der Waals surface area contributed by atoms with E-state index in [9.17, 15) is 4.79 Å². The molecule has 0 saturated carbocycles. The van der Waals surface area contributed by atoms with Crippen molar-refractivity contribution in [3.05, 3.63) is 27.4 Å². The summed E-state index contributed by atoms with van der Waals surface area (Å²) in [5, 5.41) is 0. The lowest BCUT2D eigenvalue weighted by atomic mass is 10.2. The smallest absolute Gasteiger partial charge is 0.255 e. The predicted molar refractivity (Wildman–Crippen MR) is 58.5 cm³/mol. The molecule has 0 saturated heterocycles. The molecule has 0 spiro atoms. The zero-order valence-electron chi connectivity index (χ0n) is 8.30. The number of nitrogens with one attached hydrogen (secondary N) is 1. The summed E-state index contributed by atoms with van der Waals surface area (Å²) in [5.74, 6) is 2.59. The summed E-state index contributed by atoms with van der Waals surface area (Å²) >= 11 is 1.77. The molecule has 0 bridgehead atoms. The molecule has 2 heterocycles. The summed E-state index contributed by atoms with van der Waals surface area (Å²) in [6, 6.07) is 0. The van der Waals surface area contributed by atoms with E-state index in [0.717, 1.165) is 47.8 Å². The molecule has 0 amide bonds. The van der Waals surface area contributed by atoms with Crippen LogP contribution in [0.5, 0.6) is 0 Å². The van der Waals surface area contributed by atoms with Crippen molar-refractivity contribution in [3.63, 3.8) is 0 Å². The Morgan fingerprint density at radius 1 is 1.50 bits per heavy atom. The van der Waals surface area contributed by atoms with Gasteiger partial charge in [-0.3, -0.25) is 4.79 Å². The van der Waals surface area contributed by atoms with E-state index < -0.39 is 0 Å². The van der Waals surface area contributed by atoms with Crippen LogP contribution in [-0.4, -0.2) is 9.97 Å². The third kappa shape index (κ3) is 1.85. The molecule has 3 nitrogen and oxygen atoms in total. The molecule has 1 N–H and O–H groups in total. The van der Waals surface area contributed by atoms with Gasteiger partial charge in [0.05, 0.1) is 5.69 Å². The Morgan fingerprint density at radius 3 is 3.14 bits per heavy atom. The summed E-state index contributed by atoms with van der Waals surface area (Å²) in [7, 11) is 0. The maximum atomic E-state index is 11.6. The molecule has 0 aliphatic carbocycles. The fourth-order valence-electron chi connectivity index (χ4n) is 1.58. The maximum absolute atomic E-state index is 11.6. The maximum Gasteiger partial charge on any atom is 0.255 e. The minimum atomic E-state index is 0.0751. The van der Waals surface area contributed by atoms with Crippen LogP contribution >= 0.6 is 11.8 Å². The Bertz CT molecular complexity index is 386. The number of nitrogens with zero attached hydrogens (tertiary/aromatic N) is 1. The lowest BCUT2D eigenvalue weighted by molar-refractivity contribution is 0.740. The van der Waals surface area contributed by atoms with Gasteiger partial charge in [0.15, 0.2) is 0 Å². The van der Waals surface area contributed by atoms with Gasteiger partial charge in [0, 0.05) is 23.5 Å². The van der Waals surface area contributed by atoms with E-state index in [1.54, 1.807) is 11.8 Å². The summed E-state index contributed by atoms with van der Waals surface area (Å²) in [6.07, 6.45) is 3.12. The van der Waals surface area contributed by atoms with Crippen LogP contribution in [0.2, 0.25) is 0 Å². The number of hydrogen-bond acceptors (Lipinski definition) is 3. The van der Waals surface area contributed by atoms with Gasteiger partial charge in [0.2, 0.25) is 0 Å². The normalized spacial score (nSPS) is 14.4. The second-order valence-electron chi connectivity index (χ2n) is 3.53. The van der Waals surface area contributed by atoms with E-state index in [1.165, 1.54) is 0 Å². The van der Waals surface area contributed by atoms with E-state index in [2.05, 4.69) is 16.9 Å². The van der Waals surface area contributed by atoms with Crippen molar-refractivity contribution in [2.75, 3.05) is 0 Å². The fraction of sp³-hybridized carbons (Fsp3) is 0.600. The molecule has 4 heteroatoms. The SMILES string of the molecule is CCCCc1nc2c(c(=O)[nH]1)CSC2. The van der Waals surface area contributed by atoms with Crippen LogP contribution in [-0.2, 0) is 17.9 Å². The van der Waals surface area contributed by atoms with Crippen LogP contribution in [0.3, 0.4) is 0 Å². The van der Waals surface area contributed by atoms with E-state index >= 15 is 0 Å². The fourth-order valence-corrected chi connectivity index (χ4v) is 2.61. The second kappa shape index (κ2) is 4.17. The van der Waals surface area contributed by atoms with Crippen LogP contribution in [0.15, 0.2) is 4.79 Å². The number of unbranched alkanes of at least 4 members (excludes halogenated alkanes) is 1. The predicted octanol–water partition coefficient (Wildman–Crippen LogP) is 1.86. The van der Waals surface area contributed by atoms with Gasteiger partial charge in [-0.15, -0.1) is 0 Å². The van der Waals surface area contributed by atoms with Gasteiger partial charge in [-0.1, -0.05) is 13.3 Å². The van der Waals surface area contributed by atoms with E-state index in [0.29, 0.717) is 0 Å². The molecular formula is C10H14N2OS. The highest BCUT2D eigenvalue weighted by molar-refractivity contribution is 7.98. The Balaban J connectivity index is 2.28. The van der Waals surface area contributed by atoms with Crippen molar-refractivity contribution in [1.82, 2.24) is 9.97 Å². The quantitative estimate of drug-likeness (QED) is 0.828. The van der Waals surface area contributed by atoms with Crippen LogP contribution in [0.4, 0.5) is 0 Å². The molecule has 0 radical (unpaired) electrons. The van der Waals surface area contributed by atoms with Gasteiger partial charge in [-0.2, -0.15) is 11.8 Å². The van der Waals surface area contributed by atoms with Crippen molar-refractivity contribution >= 4 is 11.8 Å². The Kier molecular flexibility index (Phi) is 2.91. The Hall–Kier alpha value is -0.770. The second-order valence-corrected chi connectivity index (χ2v) is 4.52. The first-order valence-corrected chi connectivity index (χ1v) is 6.15. The lowest BCUT2D eigenvalue weighted by Gasteiger charge is -2.01. The summed E-state index contributed by atoms with van der Waals surface area (Å²) in [6.45, 7) is 2.14. The zero-order valence-corrected chi connectivity index (χ0v) is 9.12. The highest BCUT2D eigenvalue weighted by Gasteiger charge is 2.16. The Morgan fingerprint density at radius 2 is 2.36 bits per heavy atom. The molecule has 2 rings (SSSR count). The van der Waals surface area contributed by atoms with E-state index in [-0.39, 0.29) is 5.56 Å². The average Bonchev–Trinajstić information content (AvgIpc) is 2.63. The molecule has 0 atom stereocenters. The molecule has 0 aromatic carbocycles. The number of fused-ring (bicyclic) bond motifs is 1. The monoisotopic (exact) mass is 210 g/mol. The van der Waals surface area contributed by atoms with E-state index in [4.69, 9.17) is 0 Å². The minimum Gasteiger partial charge on any atom is -0.310 e. The molecule has 1 aliphatic heterocycles. The number of aromatic amines is 1. The van der Waals surface area contributed by atoms with Gasteiger partial charge < -0.3 is 4.98 Å². The molecule has 1 aliphatic rings. The van der Waals surface area contributed by atoms with Crippen molar-refractivity contribution in [3.8, 4) is 0 Å². The number of rotatable bonds is 3. The van der Waals surface area contributed by atoms with Crippen molar-refractivity contribution in [1.29, 1.82) is 0 Å². The number of H-pyrrole nitrogens is 1. The summed E-state index contributed by atoms with van der Waals surface area (Å²) in [5.41, 5.74) is 1.96. The van der Waals surface area contributed by atoms with Gasteiger partial charge in [0.25, 0.3) is 5.56 Å². The molecule has 1 aromatic heterocycles. The van der Waals surface area contributed by atoms with Crippen molar-refractivity contribution in [2.45, 2.75) is 37.7 Å². The molecule has 14 heavy (non-hydrogen) atoms. The number of hydrogen-bond donors (Lipinski definition) is 1. The van der Waals surface area contributed by atoms with Crippen LogP contribution in [0, 0.1) is 0 Å². The van der Waals surface area contributed by atoms with Gasteiger partial charge >= 0.3 is 0 Å². The molecular weight excluding hydrogens is 196 g/mol. The third-order valence-electron chi connectivity index (χ3n) is 2.40. The van der Waals surface area contributed by atoms with Crippen LogP contribution in [0.1, 0.15) is 36.8 Å². The first-order chi connectivity index (χ1) is 6.81. The first kappa shape index (κ1) is 9.77. The summed E-state index contributed by atoms with van der Waals surface area (Å²) < 4.78 is 0. The largest absolute Gasteiger partial charge is 0.310 e. The van der Waals surface area contributed by atoms with E-state index in [1.807, 2.05) is 0 Å². The molecule has 0 unspecified atom stereocenters. The van der Waals surface area contributed by atoms with Crippen LogP contribution in [0.25, 0.3) is 0 Å². The first-order valence-electron chi connectivity index (χ1n) is 5.00. The highest BCUT2D eigenvalue weighted by atomic mass is 32.2. The van der Waals surface area contributed by atoms with Gasteiger partial charge in [-0.05, 0) is 6.42 Å². The molecule has 1 aromatic rings. The Labute approximate surface area is 87.3 Å². The standard InChI is InChI=1S/C10H14N2OS/c1-2-3-4-9-11-8-6-14-5-7(8)10(13)12-9/h2-6H2,1H3,(H,11,12,13). The topological polar surface area (TPSA) is 45.8 Å². The van der Waals surface area contributed by atoms with Gasteiger partial charge in [-0.25, -0.2) is 4.98 Å². The lowest BCUT2D eigenvalue weighted by Crippen LogP contribution is -2.16.